The van der Waals surface area contributed by atoms with Gasteiger partial charge < -0.3 is 11.5 Å². The van der Waals surface area contributed by atoms with Crippen LogP contribution in [-0.4, -0.2) is 17.9 Å². The maximum atomic E-state index is 5.38. The zero-order chi connectivity index (χ0) is 7.49. The first-order chi connectivity index (χ1) is 3.95. The second kappa shape index (κ2) is 2.82. The molecule has 3 nitrogen and oxygen atoms in total. The fraction of sp³-hybridized carbons (Fsp3) is 0.833. The minimum Gasteiger partial charge on any atom is -0.386 e. The molecule has 0 aromatic rings. The first-order valence-corrected chi connectivity index (χ1v) is 3.00. The molecule has 0 heterocycles. The third-order valence-electron chi connectivity index (χ3n) is 0.688. The van der Waals surface area contributed by atoms with E-state index in [0.717, 1.165) is 0 Å². The van der Waals surface area contributed by atoms with Gasteiger partial charge in [0.25, 0.3) is 0 Å². The van der Waals surface area contributed by atoms with Gasteiger partial charge in [0.2, 0.25) is 0 Å². The Morgan fingerprint density at radius 1 is 1.44 bits per heavy atom. The van der Waals surface area contributed by atoms with Crippen molar-refractivity contribution >= 4 is 5.84 Å². The largest absolute Gasteiger partial charge is 0.386 e. The molecule has 0 spiro atoms. The van der Waals surface area contributed by atoms with Gasteiger partial charge in [0.05, 0.1) is 12.1 Å². The van der Waals surface area contributed by atoms with Crippen LogP contribution in [0.3, 0.4) is 0 Å². The Morgan fingerprint density at radius 2 is 1.89 bits per heavy atom. The topological polar surface area (TPSA) is 64.4 Å². The normalized spacial score (nSPS) is 14.0. The fourth-order valence-corrected chi connectivity index (χ4v) is 0.476. The summed E-state index contributed by atoms with van der Waals surface area (Å²) in [6.45, 7) is 6.29. The van der Waals surface area contributed by atoms with Crippen molar-refractivity contribution in [3.8, 4) is 0 Å². The summed E-state index contributed by atoms with van der Waals surface area (Å²) in [6.07, 6.45) is 0. The zero-order valence-corrected chi connectivity index (χ0v) is 6.31. The molecular formula is C6H15N3. The van der Waals surface area contributed by atoms with Crippen molar-refractivity contribution in [1.82, 2.24) is 0 Å². The van der Waals surface area contributed by atoms with Crippen LogP contribution in [0.2, 0.25) is 0 Å². The summed E-state index contributed by atoms with van der Waals surface area (Å²) in [5.74, 6) is 0.516. The number of amidine groups is 1. The monoisotopic (exact) mass is 129 g/mol. The van der Waals surface area contributed by atoms with Crippen molar-refractivity contribution in [2.75, 3.05) is 6.54 Å². The van der Waals surface area contributed by atoms with E-state index in [2.05, 4.69) is 4.99 Å². The van der Waals surface area contributed by atoms with Gasteiger partial charge in [-0.1, -0.05) is 0 Å². The Morgan fingerprint density at radius 3 is 2.00 bits per heavy atom. The van der Waals surface area contributed by atoms with Gasteiger partial charge in [-0.05, 0) is 20.8 Å². The molecule has 3 heteroatoms. The molecule has 0 unspecified atom stereocenters. The lowest BCUT2D eigenvalue weighted by atomic mass is 10.1. The molecule has 0 saturated heterocycles. The summed E-state index contributed by atoms with van der Waals surface area (Å²) >= 11 is 0. The Balaban J connectivity index is 3.95. The average molecular weight is 129 g/mol. The standard InChI is InChI=1S/C6H15N3/c1-6(2,3)9-5(8)4-7/h4,7H2,1-3H3,(H2,8,9). The smallest absolute Gasteiger partial charge is 0.108 e. The van der Waals surface area contributed by atoms with Gasteiger partial charge in [-0.2, -0.15) is 0 Å². The van der Waals surface area contributed by atoms with E-state index in [1.54, 1.807) is 0 Å². The summed E-state index contributed by atoms with van der Waals surface area (Å²) < 4.78 is 0. The van der Waals surface area contributed by atoms with Crippen LogP contribution in [0.15, 0.2) is 4.99 Å². The van der Waals surface area contributed by atoms with E-state index in [4.69, 9.17) is 11.5 Å². The number of hydrogen-bond acceptors (Lipinski definition) is 2. The number of hydrogen-bond donors (Lipinski definition) is 2. The highest BCUT2D eigenvalue weighted by Crippen LogP contribution is 2.04. The zero-order valence-electron chi connectivity index (χ0n) is 6.31. The Kier molecular flexibility index (Phi) is 2.65. The molecule has 0 aliphatic heterocycles. The van der Waals surface area contributed by atoms with Crippen LogP contribution in [0, 0.1) is 0 Å². The molecule has 0 radical (unpaired) electrons. The highest BCUT2D eigenvalue weighted by Gasteiger charge is 2.06. The predicted octanol–water partition coefficient (Wildman–Crippen LogP) is 0.101. The summed E-state index contributed by atoms with van der Waals surface area (Å²) in [5.41, 5.74) is 10.5. The number of nitrogens with zero attached hydrogens (tertiary/aromatic N) is 1. The minimum atomic E-state index is -0.0938. The van der Waals surface area contributed by atoms with Gasteiger partial charge >= 0.3 is 0 Å². The van der Waals surface area contributed by atoms with Gasteiger partial charge in [-0.25, -0.2) is 0 Å². The van der Waals surface area contributed by atoms with Crippen LogP contribution < -0.4 is 11.5 Å². The lowest BCUT2D eigenvalue weighted by Crippen LogP contribution is -2.27. The van der Waals surface area contributed by atoms with Gasteiger partial charge in [-0.15, -0.1) is 0 Å². The van der Waals surface area contributed by atoms with E-state index in [-0.39, 0.29) is 5.54 Å². The maximum absolute atomic E-state index is 5.38. The van der Waals surface area contributed by atoms with Crippen molar-refractivity contribution < 1.29 is 0 Å². The molecule has 0 aliphatic carbocycles. The second-order valence-electron chi connectivity index (χ2n) is 2.98. The Hall–Kier alpha value is -0.570. The molecule has 0 fully saturated rings. The summed E-state index contributed by atoms with van der Waals surface area (Å²) in [5, 5.41) is 0. The van der Waals surface area contributed by atoms with E-state index in [1.807, 2.05) is 20.8 Å². The molecule has 9 heavy (non-hydrogen) atoms. The maximum Gasteiger partial charge on any atom is 0.108 e. The Bertz CT molecular complexity index is 110. The SMILES string of the molecule is CC(C)(C)N=C(N)CN. The van der Waals surface area contributed by atoms with Crippen molar-refractivity contribution in [1.29, 1.82) is 0 Å². The summed E-state index contributed by atoms with van der Waals surface area (Å²) in [4.78, 5) is 4.10. The van der Waals surface area contributed by atoms with E-state index in [1.165, 1.54) is 0 Å². The van der Waals surface area contributed by atoms with Gasteiger partial charge in [0, 0.05) is 0 Å². The second-order valence-corrected chi connectivity index (χ2v) is 2.98. The first-order valence-electron chi connectivity index (χ1n) is 3.00. The van der Waals surface area contributed by atoms with E-state index in [9.17, 15) is 0 Å². The molecule has 0 aromatic heterocycles. The minimum absolute atomic E-state index is 0.0938. The van der Waals surface area contributed by atoms with Gasteiger partial charge in [0.15, 0.2) is 0 Å². The van der Waals surface area contributed by atoms with Gasteiger partial charge in [-0.3, -0.25) is 4.99 Å². The number of nitrogens with two attached hydrogens (primary N) is 2. The quantitative estimate of drug-likeness (QED) is 0.389. The Labute approximate surface area is 56.1 Å². The van der Waals surface area contributed by atoms with Crippen molar-refractivity contribution in [2.45, 2.75) is 26.3 Å². The molecular weight excluding hydrogens is 114 g/mol. The molecule has 4 N–H and O–H groups in total. The first kappa shape index (κ1) is 8.43. The van der Waals surface area contributed by atoms with E-state index >= 15 is 0 Å². The lowest BCUT2D eigenvalue weighted by Gasteiger charge is -2.12. The number of rotatable bonds is 1. The predicted molar refractivity (Wildman–Crippen MR) is 40.4 cm³/mol. The molecule has 0 amide bonds. The van der Waals surface area contributed by atoms with Crippen molar-refractivity contribution in [3.63, 3.8) is 0 Å². The van der Waals surface area contributed by atoms with E-state index < -0.39 is 0 Å². The van der Waals surface area contributed by atoms with Crippen LogP contribution in [0.25, 0.3) is 0 Å². The van der Waals surface area contributed by atoms with Crippen LogP contribution in [-0.2, 0) is 0 Å². The molecule has 0 aliphatic rings. The molecule has 0 bridgehead atoms. The molecule has 0 aromatic carbocycles. The van der Waals surface area contributed by atoms with Crippen LogP contribution in [0.1, 0.15) is 20.8 Å². The summed E-state index contributed by atoms with van der Waals surface area (Å²) in [6, 6.07) is 0. The molecule has 0 atom stereocenters. The molecule has 0 rings (SSSR count). The number of aliphatic imine (C=N–C) groups is 1. The molecule has 0 saturated carbocycles. The van der Waals surface area contributed by atoms with E-state index in [0.29, 0.717) is 12.4 Å². The van der Waals surface area contributed by atoms with Crippen LogP contribution in [0.5, 0.6) is 0 Å². The van der Waals surface area contributed by atoms with Crippen molar-refractivity contribution in [2.24, 2.45) is 16.5 Å². The third kappa shape index (κ3) is 5.30. The fourth-order valence-electron chi connectivity index (χ4n) is 0.476. The van der Waals surface area contributed by atoms with Crippen LogP contribution >= 0.6 is 0 Å². The lowest BCUT2D eigenvalue weighted by molar-refractivity contribution is 0.582. The average Bonchev–Trinajstić information content (AvgIpc) is 1.62. The highest BCUT2D eigenvalue weighted by molar-refractivity contribution is 5.82. The van der Waals surface area contributed by atoms with Gasteiger partial charge in [0.1, 0.15) is 5.84 Å². The highest BCUT2D eigenvalue weighted by atomic mass is 14.9. The van der Waals surface area contributed by atoms with Crippen LogP contribution in [0.4, 0.5) is 0 Å². The third-order valence-corrected chi connectivity index (χ3v) is 0.688. The molecule has 54 valence electrons. The van der Waals surface area contributed by atoms with Crippen molar-refractivity contribution in [3.05, 3.63) is 0 Å². The summed E-state index contributed by atoms with van der Waals surface area (Å²) in [7, 11) is 0.